The van der Waals surface area contributed by atoms with E-state index in [9.17, 15) is 4.79 Å². The quantitative estimate of drug-likeness (QED) is 0.874. The molecule has 0 unspecified atom stereocenters. The summed E-state index contributed by atoms with van der Waals surface area (Å²) in [7, 11) is 0. The Morgan fingerprint density at radius 3 is 3.00 bits per heavy atom. The number of fused-ring (bicyclic) bond motifs is 3. The molecule has 7 heteroatoms. The lowest BCUT2D eigenvalue weighted by Crippen LogP contribution is -2.27. The third kappa shape index (κ3) is 3.44. The molecule has 1 aliphatic rings. The van der Waals surface area contributed by atoms with Crippen molar-refractivity contribution in [1.29, 1.82) is 0 Å². The fraction of sp³-hybridized carbons (Fsp3) is 0.438. The van der Waals surface area contributed by atoms with Crippen LogP contribution in [0.4, 0.5) is 10.5 Å². The monoisotopic (exact) mass is 316 g/mol. The van der Waals surface area contributed by atoms with E-state index in [-0.39, 0.29) is 0 Å². The summed E-state index contributed by atoms with van der Waals surface area (Å²) in [6.45, 7) is 6.81. The number of para-hydroxylation sites is 1. The van der Waals surface area contributed by atoms with Gasteiger partial charge >= 0.3 is 6.09 Å². The summed E-state index contributed by atoms with van der Waals surface area (Å²) in [5, 5.41) is 10.9. The number of hydrogen-bond acceptors (Lipinski definition) is 5. The molecular weight excluding hydrogens is 296 g/mol. The third-order valence-corrected chi connectivity index (χ3v) is 3.30. The van der Waals surface area contributed by atoms with Crippen LogP contribution in [0.1, 0.15) is 27.2 Å². The molecule has 0 atom stereocenters. The van der Waals surface area contributed by atoms with Gasteiger partial charge in [-0.1, -0.05) is 6.07 Å². The largest absolute Gasteiger partial charge is 0.491 e. The van der Waals surface area contributed by atoms with E-state index >= 15 is 0 Å². The van der Waals surface area contributed by atoms with Gasteiger partial charge < -0.3 is 14.0 Å². The van der Waals surface area contributed by atoms with Crippen LogP contribution in [0, 0.1) is 0 Å². The smallest absolute Gasteiger partial charge is 0.412 e. The van der Waals surface area contributed by atoms with Crippen LogP contribution in [0.3, 0.4) is 0 Å². The fourth-order valence-electron chi connectivity index (χ4n) is 2.42. The molecule has 2 aromatic rings. The molecule has 1 aliphatic heterocycles. The summed E-state index contributed by atoms with van der Waals surface area (Å²) in [6.07, 6.45) is 2.03. The molecule has 1 amide bonds. The number of aromatic nitrogens is 3. The maximum absolute atomic E-state index is 12.0. The molecule has 1 N–H and O–H groups in total. The number of benzene rings is 1. The second kappa shape index (κ2) is 5.91. The number of anilines is 1. The van der Waals surface area contributed by atoms with Crippen molar-refractivity contribution in [2.75, 3.05) is 11.9 Å². The molecule has 0 aliphatic carbocycles. The number of amides is 1. The van der Waals surface area contributed by atoms with Gasteiger partial charge in [-0.05, 0) is 39.3 Å². The number of ether oxygens (including phenoxy) is 2. The number of carbonyl (C=O) groups excluding carboxylic acids is 1. The minimum Gasteiger partial charge on any atom is -0.491 e. The molecule has 23 heavy (non-hydrogen) atoms. The molecule has 0 radical (unpaired) electrons. The van der Waals surface area contributed by atoms with Gasteiger partial charge in [-0.2, -0.15) is 0 Å². The number of aryl methyl sites for hydroxylation is 1. The first-order valence-electron chi connectivity index (χ1n) is 7.58. The van der Waals surface area contributed by atoms with Gasteiger partial charge in [0.1, 0.15) is 11.9 Å². The van der Waals surface area contributed by atoms with Crippen molar-refractivity contribution in [3.63, 3.8) is 0 Å². The van der Waals surface area contributed by atoms with Gasteiger partial charge in [0.2, 0.25) is 0 Å². The Hall–Kier alpha value is -2.57. The maximum atomic E-state index is 12.0. The average molecular weight is 316 g/mol. The van der Waals surface area contributed by atoms with Gasteiger partial charge in [0.25, 0.3) is 0 Å². The fourth-order valence-corrected chi connectivity index (χ4v) is 2.42. The molecule has 122 valence electrons. The van der Waals surface area contributed by atoms with E-state index in [1.54, 1.807) is 12.4 Å². The van der Waals surface area contributed by atoms with E-state index in [2.05, 4.69) is 15.5 Å². The van der Waals surface area contributed by atoms with Crippen LogP contribution in [-0.2, 0) is 11.3 Å². The van der Waals surface area contributed by atoms with E-state index in [0.29, 0.717) is 18.0 Å². The zero-order valence-electron chi connectivity index (χ0n) is 13.5. The Morgan fingerprint density at radius 1 is 1.39 bits per heavy atom. The molecule has 0 spiro atoms. The topological polar surface area (TPSA) is 78.3 Å². The second-order valence-corrected chi connectivity index (χ2v) is 6.36. The van der Waals surface area contributed by atoms with Crippen LogP contribution in [0.5, 0.6) is 5.75 Å². The Kier molecular flexibility index (Phi) is 3.94. The zero-order valence-corrected chi connectivity index (χ0v) is 13.5. The Morgan fingerprint density at radius 2 is 2.22 bits per heavy atom. The van der Waals surface area contributed by atoms with Gasteiger partial charge in [0.15, 0.2) is 11.6 Å². The van der Waals surface area contributed by atoms with Crippen LogP contribution >= 0.6 is 0 Å². The lowest BCUT2D eigenvalue weighted by Gasteiger charge is -2.22. The normalized spacial score (nSPS) is 13.9. The van der Waals surface area contributed by atoms with Crippen LogP contribution in [0.2, 0.25) is 0 Å². The molecule has 3 rings (SSSR count). The molecular formula is C16H20N4O3. The van der Waals surface area contributed by atoms with Gasteiger partial charge in [0.05, 0.1) is 17.9 Å². The van der Waals surface area contributed by atoms with Gasteiger partial charge in [-0.3, -0.25) is 5.32 Å². The zero-order chi connectivity index (χ0) is 16.4. The van der Waals surface area contributed by atoms with Crippen LogP contribution in [0.15, 0.2) is 24.5 Å². The average Bonchev–Trinajstić information content (AvgIpc) is 2.87. The Balaban J connectivity index is 1.95. The number of nitrogens with one attached hydrogen (secondary N) is 1. The van der Waals surface area contributed by atoms with E-state index in [0.717, 1.165) is 24.4 Å². The van der Waals surface area contributed by atoms with Gasteiger partial charge in [-0.15, -0.1) is 10.2 Å². The summed E-state index contributed by atoms with van der Waals surface area (Å²) < 4.78 is 13.2. The highest BCUT2D eigenvalue weighted by atomic mass is 16.6. The SMILES string of the molecule is CC(C)(C)OC(=O)Nc1cccc2c1OCCCn1cnnc1-2. The first kappa shape index (κ1) is 15.3. The summed E-state index contributed by atoms with van der Waals surface area (Å²) in [4.78, 5) is 12.0. The van der Waals surface area contributed by atoms with E-state index in [1.165, 1.54) is 0 Å². The second-order valence-electron chi connectivity index (χ2n) is 6.36. The van der Waals surface area contributed by atoms with Crippen LogP contribution < -0.4 is 10.1 Å². The van der Waals surface area contributed by atoms with E-state index in [4.69, 9.17) is 9.47 Å². The predicted octanol–water partition coefficient (Wildman–Crippen LogP) is 3.07. The lowest BCUT2D eigenvalue weighted by atomic mass is 10.1. The minimum absolute atomic E-state index is 0.516. The van der Waals surface area contributed by atoms with Crippen molar-refractivity contribution < 1.29 is 14.3 Å². The van der Waals surface area contributed by atoms with Crippen molar-refractivity contribution >= 4 is 11.8 Å². The summed E-state index contributed by atoms with van der Waals surface area (Å²) >= 11 is 0. The van der Waals surface area contributed by atoms with Crippen molar-refractivity contribution in [3.05, 3.63) is 24.5 Å². The predicted molar refractivity (Wildman–Crippen MR) is 85.4 cm³/mol. The highest BCUT2D eigenvalue weighted by molar-refractivity contribution is 5.89. The Labute approximate surface area is 134 Å². The highest BCUT2D eigenvalue weighted by Gasteiger charge is 2.22. The Bertz CT molecular complexity index is 718. The van der Waals surface area contributed by atoms with Crippen LogP contribution in [-0.4, -0.2) is 33.1 Å². The maximum Gasteiger partial charge on any atom is 0.412 e. The first-order valence-corrected chi connectivity index (χ1v) is 7.58. The van der Waals surface area contributed by atoms with E-state index < -0.39 is 11.7 Å². The number of rotatable bonds is 1. The third-order valence-electron chi connectivity index (χ3n) is 3.30. The molecule has 2 heterocycles. The number of carbonyl (C=O) groups is 1. The molecule has 0 bridgehead atoms. The number of hydrogen-bond donors (Lipinski definition) is 1. The molecule has 0 saturated carbocycles. The standard InChI is InChI=1S/C16H20N4O3/c1-16(2,3)23-15(21)18-12-7-4-6-11-13(12)22-9-5-8-20-10-17-19-14(11)20/h4,6-7,10H,5,8-9H2,1-3H3,(H,18,21). The summed E-state index contributed by atoms with van der Waals surface area (Å²) in [5.74, 6) is 1.32. The van der Waals surface area contributed by atoms with E-state index in [1.807, 2.05) is 37.5 Å². The van der Waals surface area contributed by atoms with Crippen molar-refractivity contribution in [1.82, 2.24) is 14.8 Å². The van der Waals surface area contributed by atoms with Crippen molar-refractivity contribution in [3.8, 4) is 17.1 Å². The number of nitrogens with zero attached hydrogens (tertiary/aromatic N) is 3. The molecule has 0 saturated heterocycles. The van der Waals surface area contributed by atoms with Gasteiger partial charge in [-0.25, -0.2) is 4.79 Å². The molecule has 0 fully saturated rings. The van der Waals surface area contributed by atoms with Crippen molar-refractivity contribution in [2.24, 2.45) is 0 Å². The molecule has 1 aromatic heterocycles. The summed E-state index contributed by atoms with van der Waals surface area (Å²) in [5.41, 5.74) is 0.804. The molecule has 1 aromatic carbocycles. The first-order chi connectivity index (χ1) is 10.9. The van der Waals surface area contributed by atoms with Gasteiger partial charge in [0, 0.05) is 6.54 Å². The minimum atomic E-state index is -0.561. The lowest BCUT2D eigenvalue weighted by molar-refractivity contribution is 0.0635. The highest BCUT2D eigenvalue weighted by Crippen LogP contribution is 2.37. The summed E-state index contributed by atoms with van der Waals surface area (Å²) in [6, 6.07) is 5.53. The van der Waals surface area contributed by atoms with Crippen molar-refractivity contribution in [2.45, 2.75) is 39.3 Å². The molecule has 7 nitrogen and oxygen atoms in total. The van der Waals surface area contributed by atoms with Crippen LogP contribution in [0.25, 0.3) is 11.4 Å².